The number of hydrogen-bond acceptors (Lipinski definition) is 5. The second-order valence-corrected chi connectivity index (χ2v) is 7.93. The number of hydrogen-bond donors (Lipinski definition) is 1. The van der Waals surface area contributed by atoms with Gasteiger partial charge in [0.25, 0.3) is 11.1 Å². The first-order valence-corrected chi connectivity index (χ1v) is 9.94. The lowest BCUT2D eigenvalue weighted by Gasteiger charge is -2.13. The van der Waals surface area contributed by atoms with Gasteiger partial charge in [-0.2, -0.15) is 0 Å². The quantitative estimate of drug-likeness (QED) is 0.667. The van der Waals surface area contributed by atoms with Crippen LogP contribution in [0.15, 0.2) is 51.8 Å². The molecule has 1 N–H and O–H groups in total. The summed E-state index contributed by atoms with van der Waals surface area (Å²) in [5.74, 6) is -0.359. The molecule has 1 heterocycles. The summed E-state index contributed by atoms with van der Waals surface area (Å²) in [5.41, 5.74) is 2.20. The third kappa shape index (κ3) is 4.45. The number of anilines is 1. The number of imide groups is 1. The predicted molar refractivity (Wildman–Crippen MR) is 113 cm³/mol. The first-order valence-electron chi connectivity index (χ1n) is 8.33. The maximum absolute atomic E-state index is 12.6. The Morgan fingerprint density at radius 1 is 1.25 bits per heavy atom. The molecule has 1 aliphatic heterocycles. The van der Waals surface area contributed by atoms with Gasteiger partial charge in [0.15, 0.2) is 0 Å². The molecule has 0 unspecified atom stereocenters. The van der Waals surface area contributed by atoms with E-state index in [0.717, 1.165) is 26.7 Å². The standard InChI is InChI=1S/C20H17BrN2O4S/c1-12-5-3-4-6-15(12)22-18(24)11-23-19(25)17(28-20(23)26)10-13-9-14(21)7-8-16(13)27-2/h3-10H,11H2,1-2H3,(H,22,24)/b17-10+. The zero-order chi connectivity index (χ0) is 20.3. The van der Waals surface area contributed by atoms with Gasteiger partial charge in [0.1, 0.15) is 12.3 Å². The molecular formula is C20H17BrN2O4S. The number of thioether (sulfide) groups is 1. The monoisotopic (exact) mass is 460 g/mol. The number of nitrogens with one attached hydrogen (secondary N) is 1. The summed E-state index contributed by atoms with van der Waals surface area (Å²) in [6.45, 7) is 1.52. The van der Waals surface area contributed by atoms with E-state index in [4.69, 9.17) is 4.74 Å². The van der Waals surface area contributed by atoms with E-state index >= 15 is 0 Å². The number of rotatable bonds is 5. The third-order valence-corrected chi connectivity index (χ3v) is 5.47. The number of ether oxygens (including phenoxy) is 1. The highest BCUT2D eigenvalue weighted by atomic mass is 79.9. The molecule has 0 spiro atoms. The first kappa shape index (κ1) is 20.2. The summed E-state index contributed by atoms with van der Waals surface area (Å²) >= 11 is 4.18. The van der Waals surface area contributed by atoms with Crippen molar-refractivity contribution < 1.29 is 19.1 Å². The number of carbonyl (C=O) groups is 3. The van der Waals surface area contributed by atoms with Crippen molar-refractivity contribution in [2.24, 2.45) is 0 Å². The van der Waals surface area contributed by atoms with Crippen molar-refractivity contribution >= 4 is 56.5 Å². The Kier molecular flexibility index (Phi) is 6.21. The highest BCUT2D eigenvalue weighted by Gasteiger charge is 2.36. The maximum Gasteiger partial charge on any atom is 0.294 e. The van der Waals surface area contributed by atoms with Crippen molar-refractivity contribution in [3.8, 4) is 5.75 Å². The number of para-hydroxylation sites is 1. The number of halogens is 1. The minimum atomic E-state index is -0.503. The normalized spacial score (nSPS) is 15.2. The topological polar surface area (TPSA) is 75.7 Å². The zero-order valence-corrected chi connectivity index (χ0v) is 17.6. The Morgan fingerprint density at radius 3 is 2.71 bits per heavy atom. The predicted octanol–water partition coefficient (Wildman–Crippen LogP) is 4.44. The number of nitrogens with zero attached hydrogens (tertiary/aromatic N) is 1. The number of methoxy groups -OCH3 is 1. The first-order chi connectivity index (χ1) is 13.4. The van der Waals surface area contributed by atoms with E-state index in [2.05, 4.69) is 21.2 Å². The molecule has 1 aliphatic rings. The molecule has 0 aliphatic carbocycles. The van der Waals surface area contributed by atoms with Crippen molar-refractivity contribution in [2.75, 3.05) is 19.0 Å². The van der Waals surface area contributed by atoms with Crippen molar-refractivity contribution in [1.82, 2.24) is 4.90 Å². The molecule has 3 rings (SSSR count). The minimum Gasteiger partial charge on any atom is -0.496 e. The Morgan fingerprint density at radius 2 is 2.00 bits per heavy atom. The molecule has 0 aromatic heterocycles. The highest BCUT2D eigenvalue weighted by Crippen LogP contribution is 2.34. The van der Waals surface area contributed by atoms with Crippen LogP contribution in [0.2, 0.25) is 0 Å². The molecule has 0 radical (unpaired) electrons. The van der Waals surface area contributed by atoms with Crippen LogP contribution >= 0.6 is 27.7 Å². The second-order valence-electron chi connectivity index (χ2n) is 6.02. The molecular weight excluding hydrogens is 444 g/mol. The van der Waals surface area contributed by atoms with Crippen LogP contribution in [-0.4, -0.2) is 35.6 Å². The number of amides is 3. The fourth-order valence-electron chi connectivity index (χ4n) is 2.64. The van der Waals surface area contributed by atoms with Gasteiger partial charge in [-0.05, 0) is 54.6 Å². The maximum atomic E-state index is 12.6. The van der Waals surface area contributed by atoms with Gasteiger partial charge in [-0.1, -0.05) is 34.1 Å². The summed E-state index contributed by atoms with van der Waals surface area (Å²) in [6.07, 6.45) is 1.59. The van der Waals surface area contributed by atoms with Gasteiger partial charge in [0, 0.05) is 15.7 Å². The lowest BCUT2D eigenvalue weighted by atomic mass is 10.2. The van der Waals surface area contributed by atoms with E-state index in [1.807, 2.05) is 25.1 Å². The Balaban J connectivity index is 1.76. The molecule has 0 saturated carbocycles. The van der Waals surface area contributed by atoms with Crippen LogP contribution in [0.4, 0.5) is 10.5 Å². The summed E-state index contributed by atoms with van der Waals surface area (Å²) in [7, 11) is 1.53. The van der Waals surface area contributed by atoms with Gasteiger partial charge in [-0.3, -0.25) is 19.3 Å². The van der Waals surface area contributed by atoms with Crippen LogP contribution in [0.3, 0.4) is 0 Å². The van der Waals surface area contributed by atoms with Gasteiger partial charge in [0.2, 0.25) is 5.91 Å². The molecule has 2 aromatic carbocycles. The summed E-state index contributed by atoms with van der Waals surface area (Å²) in [4.78, 5) is 38.4. The van der Waals surface area contributed by atoms with Gasteiger partial charge < -0.3 is 10.1 Å². The van der Waals surface area contributed by atoms with Crippen LogP contribution in [-0.2, 0) is 9.59 Å². The third-order valence-electron chi connectivity index (χ3n) is 4.07. The van der Waals surface area contributed by atoms with Crippen molar-refractivity contribution in [2.45, 2.75) is 6.92 Å². The van der Waals surface area contributed by atoms with Crippen molar-refractivity contribution in [3.05, 3.63) is 63.0 Å². The average molecular weight is 461 g/mol. The molecule has 144 valence electrons. The molecule has 1 fully saturated rings. The van der Waals surface area contributed by atoms with Gasteiger partial charge in [-0.15, -0.1) is 0 Å². The van der Waals surface area contributed by atoms with Gasteiger partial charge in [0.05, 0.1) is 12.0 Å². The van der Waals surface area contributed by atoms with E-state index in [0.29, 0.717) is 17.0 Å². The van der Waals surface area contributed by atoms with E-state index in [1.165, 1.54) is 7.11 Å². The molecule has 0 bridgehead atoms. The molecule has 28 heavy (non-hydrogen) atoms. The van der Waals surface area contributed by atoms with Crippen molar-refractivity contribution in [1.29, 1.82) is 0 Å². The summed E-state index contributed by atoms with van der Waals surface area (Å²) in [5, 5.41) is 2.25. The molecule has 8 heteroatoms. The van der Waals surface area contributed by atoms with E-state index in [-0.39, 0.29) is 11.4 Å². The Hall–Kier alpha value is -2.58. The van der Waals surface area contributed by atoms with Crippen LogP contribution < -0.4 is 10.1 Å². The average Bonchev–Trinajstić information content (AvgIpc) is 2.91. The number of aryl methyl sites for hydroxylation is 1. The Bertz CT molecular complexity index is 990. The molecule has 1 saturated heterocycles. The largest absolute Gasteiger partial charge is 0.496 e. The molecule has 0 atom stereocenters. The fraction of sp³-hybridized carbons (Fsp3) is 0.150. The second kappa shape index (κ2) is 8.62. The van der Waals surface area contributed by atoms with Crippen LogP contribution in [0.1, 0.15) is 11.1 Å². The minimum absolute atomic E-state index is 0.241. The van der Waals surface area contributed by atoms with Crippen LogP contribution in [0, 0.1) is 6.92 Å². The smallest absolute Gasteiger partial charge is 0.294 e. The Labute approximate surface area is 175 Å². The number of carbonyl (C=O) groups excluding carboxylic acids is 3. The highest BCUT2D eigenvalue weighted by molar-refractivity contribution is 9.10. The molecule has 3 amide bonds. The molecule has 6 nitrogen and oxygen atoms in total. The van der Waals surface area contributed by atoms with Crippen LogP contribution in [0.5, 0.6) is 5.75 Å². The van der Waals surface area contributed by atoms with E-state index in [1.54, 1.807) is 30.3 Å². The summed E-state index contributed by atoms with van der Waals surface area (Å²) in [6, 6.07) is 12.7. The number of benzene rings is 2. The van der Waals surface area contributed by atoms with E-state index < -0.39 is 17.1 Å². The fourth-order valence-corrected chi connectivity index (χ4v) is 3.85. The van der Waals surface area contributed by atoms with E-state index in [9.17, 15) is 14.4 Å². The SMILES string of the molecule is COc1ccc(Br)cc1/C=C1/SC(=O)N(CC(=O)Nc2ccccc2C)C1=O. The van der Waals surface area contributed by atoms with Crippen LogP contribution in [0.25, 0.3) is 6.08 Å². The molecule has 2 aromatic rings. The lowest BCUT2D eigenvalue weighted by molar-refractivity contribution is -0.127. The summed E-state index contributed by atoms with van der Waals surface area (Å²) < 4.78 is 6.11. The van der Waals surface area contributed by atoms with Crippen molar-refractivity contribution in [3.63, 3.8) is 0 Å². The lowest BCUT2D eigenvalue weighted by Crippen LogP contribution is -2.36. The van der Waals surface area contributed by atoms with Gasteiger partial charge in [-0.25, -0.2) is 0 Å². The zero-order valence-electron chi connectivity index (χ0n) is 15.2. The van der Waals surface area contributed by atoms with Gasteiger partial charge >= 0.3 is 0 Å².